The molecule has 0 saturated heterocycles. The second-order valence-corrected chi connectivity index (χ2v) is 4.17. The molecule has 1 unspecified atom stereocenters. The first-order valence-electron chi connectivity index (χ1n) is 3.28. The fourth-order valence-corrected chi connectivity index (χ4v) is 1.77. The Balaban J connectivity index is 2.85. The molecule has 0 fully saturated rings. The lowest BCUT2D eigenvalue weighted by molar-refractivity contribution is 0.755. The summed E-state index contributed by atoms with van der Waals surface area (Å²) in [5.74, 6) is 0. The van der Waals surface area contributed by atoms with Gasteiger partial charge >= 0.3 is 0 Å². The zero-order valence-corrected chi connectivity index (χ0v) is 7.71. The van der Waals surface area contributed by atoms with E-state index in [4.69, 9.17) is 0 Å². The van der Waals surface area contributed by atoms with Gasteiger partial charge in [-0.3, -0.25) is 0 Å². The molecule has 1 radical (unpaired) electrons. The number of thiol groups is 1. The van der Waals surface area contributed by atoms with Gasteiger partial charge in [-0.25, -0.2) is 0 Å². The summed E-state index contributed by atoms with van der Waals surface area (Å²) in [7, 11) is 0. The molecule has 0 aliphatic heterocycles. The van der Waals surface area contributed by atoms with E-state index in [2.05, 4.69) is 37.9 Å². The maximum absolute atomic E-state index is 4.44. The highest BCUT2D eigenvalue weighted by atomic mass is 32.1. The van der Waals surface area contributed by atoms with Gasteiger partial charge in [0.2, 0.25) is 0 Å². The van der Waals surface area contributed by atoms with Crippen molar-refractivity contribution >= 4 is 24.0 Å². The van der Waals surface area contributed by atoms with Crippen molar-refractivity contribution in [3.8, 4) is 0 Å². The Kier molecular flexibility index (Phi) is 2.42. The van der Waals surface area contributed by atoms with Crippen molar-refractivity contribution in [3.63, 3.8) is 0 Å². The first-order valence-corrected chi connectivity index (χ1v) is 4.61. The lowest BCUT2D eigenvalue weighted by atomic mass is 10.1. The largest absolute Gasteiger partial charge is 0.167 e. The maximum atomic E-state index is 4.44. The van der Waals surface area contributed by atoms with Crippen LogP contribution in [0.4, 0.5) is 0 Å². The topological polar surface area (TPSA) is 0 Å². The van der Waals surface area contributed by atoms with E-state index in [0.29, 0.717) is 0 Å². The lowest BCUT2D eigenvalue weighted by Gasteiger charge is -2.18. The van der Waals surface area contributed by atoms with Crippen LogP contribution in [0.1, 0.15) is 18.2 Å². The summed E-state index contributed by atoms with van der Waals surface area (Å²) < 4.78 is -0.172. The van der Waals surface area contributed by atoms with E-state index in [0.717, 1.165) is 6.42 Å². The molecule has 0 N–H and O–H groups in total. The van der Waals surface area contributed by atoms with E-state index >= 15 is 0 Å². The Hall–Kier alpha value is 0.0500. The van der Waals surface area contributed by atoms with Crippen molar-refractivity contribution in [2.75, 3.05) is 0 Å². The quantitative estimate of drug-likeness (QED) is 0.649. The number of thiophene rings is 1. The van der Waals surface area contributed by atoms with Gasteiger partial charge in [-0.2, -0.15) is 12.6 Å². The second kappa shape index (κ2) is 2.97. The van der Waals surface area contributed by atoms with Crippen LogP contribution in [0.3, 0.4) is 0 Å². The lowest BCUT2D eigenvalue weighted by Crippen LogP contribution is -2.09. The van der Waals surface area contributed by atoms with Crippen LogP contribution in [0.2, 0.25) is 0 Å². The van der Waals surface area contributed by atoms with Crippen LogP contribution in [0, 0.1) is 6.92 Å². The molecule has 0 aliphatic rings. The molecule has 1 atom stereocenters. The average molecular weight is 171 g/mol. The van der Waals surface area contributed by atoms with Crippen molar-refractivity contribution in [2.45, 2.75) is 18.1 Å². The van der Waals surface area contributed by atoms with Crippen molar-refractivity contribution in [1.29, 1.82) is 0 Å². The molecule has 0 spiro atoms. The molecule has 1 aromatic heterocycles. The van der Waals surface area contributed by atoms with E-state index in [9.17, 15) is 0 Å². The molecular weight excluding hydrogens is 160 g/mol. The number of hydrogen-bond acceptors (Lipinski definition) is 2. The van der Waals surface area contributed by atoms with Crippen molar-refractivity contribution in [3.05, 3.63) is 29.3 Å². The minimum atomic E-state index is -0.172. The van der Waals surface area contributed by atoms with E-state index in [1.165, 1.54) is 4.88 Å². The summed E-state index contributed by atoms with van der Waals surface area (Å²) in [5, 5.41) is 2.06. The molecule has 0 aliphatic carbocycles. The second-order valence-electron chi connectivity index (χ2n) is 2.36. The molecule has 0 saturated carbocycles. The zero-order chi connectivity index (χ0) is 7.61. The fourth-order valence-electron chi connectivity index (χ4n) is 0.718. The van der Waals surface area contributed by atoms with Gasteiger partial charge in [0.25, 0.3) is 0 Å². The predicted octanol–water partition coefficient (Wildman–Crippen LogP) is 3.12. The van der Waals surface area contributed by atoms with Gasteiger partial charge in [0.05, 0.1) is 0 Å². The molecule has 0 nitrogen and oxygen atoms in total. The molecule has 1 rings (SSSR count). The Labute approximate surface area is 71.7 Å². The van der Waals surface area contributed by atoms with Crippen LogP contribution in [0.25, 0.3) is 0 Å². The molecule has 55 valence electrons. The third kappa shape index (κ3) is 1.55. The smallest absolute Gasteiger partial charge is 0.0469 e. The Bertz CT molecular complexity index is 187. The van der Waals surface area contributed by atoms with Gasteiger partial charge in [-0.1, -0.05) is 13.0 Å². The standard InChI is InChI=1S/C8H11S2/c1-3-8(2,9)7-5-4-6-10-7/h4-6,9H,2-3H2,1H3. The maximum Gasteiger partial charge on any atom is 0.0469 e. The molecule has 0 amide bonds. The third-order valence-electron chi connectivity index (χ3n) is 1.56. The van der Waals surface area contributed by atoms with Crippen molar-refractivity contribution in [1.82, 2.24) is 0 Å². The average Bonchev–Trinajstić information content (AvgIpc) is 2.38. The van der Waals surface area contributed by atoms with Crippen LogP contribution < -0.4 is 0 Å². The first-order chi connectivity index (χ1) is 4.67. The summed E-state index contributed by atoms with van der Waals surface area (Å²) in [5.41, 5.74) is 0. The van der Waals surface area contributed by atoms with E-state index in [-0.39, 0.29) is 4.75 Å². The molecule has 2 heteroatoms. The summed E-state index contributed by atoms with van der Waals surface area (Å²) in [6.45, 7) is 6.10. The third-order valence-corrected chi connectivity index (χ3v) is 3.35. The summed E-state index contributed by atoms with van der Waals surface area (Å²) >= 11 is 6.16. The SMILES string of the molecule is [CH2]C(S)(CC)c1cccs1. The number of hydrogen-bond donors (Lipinski definition) is 1. The molecule has 0 aromatic carbocycles. The molecule has 10 heavy (non-hydrogen) atoms. The van der Waals surface area contributed by atoms with Gasteiger partial charge in [0.1, 0.15) is 0 Å². The van der Waals surface area contributed by atoms with Gasteiger partial charge in [-0.15, -0.1) is 11.3 Å². The van der Waals surface area contributed by atoms with E-state index < -0.39 is 0 Å². The molecule has 1 heterocycles. The van der Waals surface area contributed by atoms with Gasteiger partial charge in [0.15, 0.2) is 0 Å². The van der Waals surface area contributed by atoms with Crippen molar-refractivity contribution < 1.29 is 0 Å². The zero-order valence-electron chi connectivity index (χ0n) is 6.00. The minimum Gasteiger partial charge on any atom is -0.167 e. The minimum absolute atomic E-state index is 0.172. The van der Waals surface area contributed by atoms with Crippen LogP contribution in [0.5, 0.6) is 0 Å². The summed E-state index contributed by atoms with van der Waals surface area (Å²) in [4.78, 5) is 1.25. The fraction of sp³-hybridized carbons (Fsp3) is 0.375. The molecule has 1 aromatic rings. The van der Waals surface area contributed by atoms with Gasteiger partial charge in [0, 0.05) is 9.62 Å². The van der Waals surface area contributed by atoms with Crippen LogP contribution in [-0.4, -0.2) is 0 Å². The number of rotatable bonds is 2. The van der Waals surface area contributed by atoms with Crippen molar-refractivity contribution in [2.24, 2.45) is 0 Å². The first kappa shape index (κ1) is 8.15. The van der Waals surface area contributed by atoms with Crippen LogP contribution >= 0.6 is 24.0 Å². The monoisotopic (exact) mass is 171 g/mol. The van der Waals surface area contributed by atoms with Crippen LogP contribution in [-0.2, 0) is 4.75 Å². The molecular formula is C8H11S2. The van der Waals surface area contributed by atoms with E-state index in [1.54, 1.807) is 11.3 Å². The molecule has 0 bridgehead atoms. The predicted molar refractivity (Wildman–Crippen MR) is 50.6 cm³/mol. The Morgan fingerprint density at radius 2 is 2.50 bits per heavy atom. The van der Waals surface area contributed by atoms with Crippen LogP contribution in [0.15, 0.2) is 17.5 Å². The summed E-state index contributed by atoms with van der Waals surface area (Å²) in [6.07, 6.45) is 0.969. The summed E-state index contributed by atoms with van der Waals surface area (Å²) in [6, 6.07) is 4.11. The van der Waals surface area contributed by atoms with Gasteiger partial charge in [-0.05, 0) is 24.8 Å². The van der Waals surface area contributed by atoms with E-state index in [1.807, 2.05) is 6.07 Å². The highest BCUT2D eigenvalue weighted by Gasteiger charge is 2.19. The Morgan fingerprint density at radius 1 is 1.80 bits per heavy atom. The highest BCUT2D eigenvalue weighted by Crippen LogP contribution is 2.33. The highest BCUT2D eigenvalue weighted by molar-refractivity contribution is 7.81. The normalized spacial score (nSPS) is 16.7. The Morgan fingerprint density at radius 3 is 2.90 bits per heavy atom. The van der Waals surface area contributed by atoms with Gasteiger partial charge < -0.3 is 0 Å².